The van der Waals surface area contributed by atoms with E-state index in [1.165, 1.54) is 22.5 Å². The van der Waals surface area contributed by atoms with Gasteiger partial charge in [0.1, 0.15) is 11.6 Å². The van der Waals surface area contributed by atoms with Crippen LogP contribution in [0.2, 0.25) is 0 Å². The Bertz CT molecular complexity index is 1300. The summed E-state index contributed by atoms with van der Waals surface area (Å²) in [6.45, 7) is 6.20. The molecule has 0 unspecified atom stereocenters. The van der Waals surface area contributed by atoms with Gasteiger partial charge in [-0.3, -0.25) is 4.79 Å². The lowest BCUT2D eigenvalue weighted by Crippen LogP contribution is -2.25. The number of anilines is 1. The van der Waals surface area contributed by atoms with Crippen LogP contribution in [0.1, 0.15) is 40.3 Å². The molecule has 1 N–H and O–H groups in total. The molecule has 0 fully saturated rings. The zero-order valence-corrected chi connectivity index (χ0v) is 18.1. The number of fused-ring (bicyclic) bond motifs is 2. The van der Waals surface area contributed by atoms with Crippen LogP contribution in [-0.4, -0.2) is 27.8 Å². The average Bonchev–Trinajstić information content (AvgIpc) is 3.29. The number of rotatable bonds is 3. The molecule has 3 heterocycles. The van der Waals surface area contributed by atoms with E-state index >= 15 is 0 Å². The first-order chi connectivity index (χ1) is 14.4. The third-order valence-corrected chi connectivity index (χ3v) is 6.80. The van der Waals surface area contributed by atoms with E-state index in [1.54, 1.807) is 11.8 Å². The molecule has 6 nitrogen and oxygen atoms in total. The van der Waals surface area contributed by atoms with Gasteiger partial charge in [-0.15, -0.1) is 0 Å². The topological polar surface area (TPSA) is 69.0 Å². The SMILES string of the molecule is COc1ccc2nc(-n3nc(C)c4c3NC(=O)C[C@H]4c3ccc(C)c(C)c3)sc2c1. The minimum atomic E-state index is -0.0173. The predicted octanol–water partition coefficient (Wildman–Crippen LogP) is 4.89. The van der Waals surface area contributed by atoms with E-state index in [9.17, 15) is 4.79 Å². The van der Waals surface area contributed by atoms with Crippen molar-refractivity contribution in [1.29, 1.82) is 0 Å². The highest BCUT2D eigenvalue weighted by Crippen LogP contribution is 2.41. The van der Waals surface area contributed by atoms with Gasteiger partial charge in [-0.2, -0.15) is 9.78 Å². The van der Waals surface area contributed by atoms with Crippen LogP contribution in [0.3, 0.4) is 0 Å². The van der Waals surface area contributed by atoms with E-state index in [0.717, 1.165) is 43.7 Å². The molecule has 0 spiro atoms. The minimum absolute atomic E-state index is 0.00495. The Labute approximate surface area is 178 Å². The van der Waals surface area contributed by atoms with Crippen LogP contribution in [0.15, 0.2) is 36.4 Å². The monoisotopic (exact) mass is 418 g/mol. The Morgan fingerprint density at radius 1 is 1.13 bits per heavy atom. The highest BCUT2D eigenvalue weighted by atomic mass is 32.1. The number of hydrogen-bond donors (Lipinski definition) is 1. The number of carbonyl (C=O) groups excluding carboxylic acids is 1. The van der Waals surface area contributed by atoms with Crippen LogP contribution in [-0.2, 0) is 4.79 Å². The second-order valence-corrected chi connectivity index (χ2v) is 8.75. The number of benzene rings is 2. The van der Waals surface area contributed by atoms with Crippen molar-refractivity contribution in [2.45, 2.75) is 33.1 Å². The van der Waals surface area contributed by atoms with E-state index in [1.807, 2.05) is 25.1 Å². The summed E-state index contributed by atoms with van der Waals surface area (Å²) in [4.78, 5) is 17.4. The molecule has 1 atom stereocenters. The van der Waals surface area contributed by atoms with Gasteiger partial charge in [-0.25, -0.2) is 4.98 Å². The Kier molecular flexibility index (Phi) is 4.36. The number of nitrogens with one attached hydrogen (secondary N) is 1. The molecule has 1 aliphatic heterocycles. The summed E-state index contributed by atoms with van der Waals surface area (Å²) in [6.07, 6.45) is 0.416. The van der Waals surface area contributed by atoms with Gasteiger partial charge in [0.15, 0.2) is 0 Å². The van der Waals surface area contributed by atoms with Crippen LogP contribution in [0.4, 0.5) is 5.82 Å². The third kappa shape index (κ3) is 2.97. The second kappa shape index (κ2) is 6.95. The Morgan fingerprint density at radius 2 is 1.97 bits per heavy atom. The van der Waals surface area contributed by atoms with Crippen molar-refractivity contribution >= 4 is 33.3 Å². The van der Waals surface area contributed by atoms with Gasteiger partial charge in [0.25, 0.3) is 0 Å². The summed E-state index contributed by atoms with van der Waals surface area (Å²) < 4.78 is 8.11. The molecule has 0 saturated carbocycles. The molecule has 0 radical (unpaired) electrons. The van der Waals surface area contributed by atoms with Crippen molar-refractivity contribution in [3.8, 4) is 10.9 Å². The van der Waals surface area contributed by atoms with Crippen LogP contribution >= 0.6 is 11.3 Å². The number of carbonyl (C=O) groups is 1. The van der Waals surface area contributed by atoms with Crippen LogP contribution in [0.5, 0.6) is 5.75 Å². The average molecular weight is 419 g/mol. The van der Waals surface area contributed by atoms with E-state index < -0.39 is 0 Å². The van der Waals surface area contributed by atoms with Crippen molar-refractivity contribution in [1.82, 2.24) is 14.8 Å². The second-order valence-electron chi connectivity index (χ2n) is 7.74. The van der Waals surface area contributed by atoms with Crippen LogP contribution in [0, 0.1) is 20.8 Å². The zero-order valence-electron chi connectivity index (χ0n) is 17.3. The maximum atomic E-state index is 12.6. The molecular formula is C23H22N4O2S. The molecule has 2 aromatic carbocycles. The highest BCUT2D eigenvalue weighted by molar-refractivity contribution is 7.20. The maximum absolute atomic E-state index is 12.6. The van der Waals surface area contributed by atoms with Gasteiger partial charge in [-0.1, -0.05) is 29.5 Å². The molecule has 30 heavy (non-hydrogen) atoms. The molecule has 7 heteroatoms. The third-order valence-electron chi connectivity index (χ3n) is 5.80. The smallest absolute Gasteiger partial charge is 0.226 e. The first kappa shape index (κ1) is 18.8. The van der Waals surface area contributed by atoms with Gasteiger partial charge in [0, 0.05) is 17.9 Å². The number of methoxy groups -OCH3 is 1. The normalized spacial score (nSPS) is 15.9. The molecule has 2 aromatic heterocycles. The number of nitrogens with zero attached hydrogens (tertiary/aromatic N) is 3. The number of aryl methyl sites for hydroxylation is 3. The first-order valence-corrected chi connectivity index (χ1v) is 10.7. The molecular weight excluding hydrogens is 396 g/mol. The van der Waals surface area contributed by atoms with Gasteiger partial charge >= 0.3 is 0 Å². The number of ether oxygens (including phenoxy) is 1. The Morgan fingerprint density at radius 3 is 2.73 bits per heavy atom. The first-order valence-electron chi connectivity index (χ1n) is 9.86. The summed E-state index contributed by atoms with van der Waals surface area (Å²) in [5, 5.41) is 8.54. The van der Waals surface area contributed by atoms with Gasteiger partial charge in [0.2, 0.25) is 11.0 Å². The lowest BCUT2D eigenvalue weighted by molar-refractivity contribution is -0.116. The van der Waals surface area contributed by atoms with E-state index in [2.05, 4.69) is 37.4 Å². The molecule has 1 amide bonds. The molecule has 4 aromatic rings. The van der Waals surface area contributed by atoms with E-state index in [-0.39, 0.29) is 11.8 Å². The molecule has 152 valence electrons. The van der Waals surface area contributed by atoms with E-state index in [0.29, 0.717) is 6.42 Å². The maximum Gasteiger partial charge on any atom is 0.226 e. The largest absolute Gasteiger partial charge is 0.497 e. The van der Waals surface area contributed by atoms with Crippen LogP contribution in [0.25, 0.3) is 15.3 Å². The number of amides is 1. The molecule has 0 bridgehead atoms. The fourth-order valence-electron chi connectivity index (χ4n) is 4.06. The van der Waals surface area contributed by atoms with Crippen molar-refractivity contribution in [3.63, 3.8) is 0 Å². The summed E-state index contributed by atoms with van der Waals surface area (Å²) in [5.41, 5.74) is 6.47. The molecule has 0 saturated heterocycles. The van der Waals surface area contributed by atoms with Crippen molar-refractivity contribution in [2.24, 2.45) is 0 Å². The summed E-state index contributed by atoms with van der Waals surface area (Å²) in [7, 11) is 1.65. The fraction of sp³-hybridized carbons (Fsp3) is 0.261. The summed E-state index contributed by atoms with van der Waals surface area (Å²) in [5.74, 6) is 1.49. The quantitative estimate of drug-likeness (QED) is 0.514. The number of hydrogen-bond acceptors (Lipinski definition) is 5. The van der Waals surface area contributed by atoms with Crippen molar-refractivity contribution in [3.05, 3.63) is 64.3 Å². The molecule has 0 aliphatic carbocycles. The molecule has 1 aliphatic rings. The van der Waals surface area contributed by atoms with Gasteiger partial charge < -0.3 is 10.1 Å². The Balaban J connectivity index is 1.65. The summed E-state index contributed by atoms with van der Waals surface area (Å²) >= 11 is 1.53. The van der Waals surface area contributed by atoms with Crippen molar-refractivity contribution in [2.75, 3.05) is 12.4 Å². The van der Waals surface area contributed by atoms with Crippen LogP contribution < -0.4 is 10.1 Å². The van der Waals surface area contributed by atoms with Gasteiger partial charge in [-0.05, 0) is 55.7 Å². The zero-order chi connectivity index (χ0) is 21.0. The minimum Gasteiger partial charge on any atom is -0.497 e. The highest BCUT2D eigenvalue weighted by Gasteiger charge is 2.33. The molecule has 5 rings (SSSR count). The lowest BCUT2D eigenvalue weighted by Gasteiger charge is -2.24. The standard InChI is InChI=1S/C23H22N4O2S/c1-12-5-6-15(9-13(12)2)17-11-20(28)25-22-21(17)14(3)26-27(22)23-24-18-8-7-16(29-4)10-19(18)30-23/h5-10,17H,11H2,1-4H3,(H,25,28)/t17-/m0/s1. The summed E-state index contributed by atoms with van der Waals surface area (Å²) in [6, 6.07) is 12.2. The van der Waals surface area contributed by atoms with E-state index in [4.69, 9.17) is 14.8 Å². The fourth-order valence-corrected chi connectivity index (χ4v) is 5.01. The van der Waals surface area contributed by atoms with Gasteiger partial charge in [0.05, 0.1) is 23.0 Å². The number of thiazole rings is 1. The number of aromatic nitrogens is 3. The van der Waals surface area contributed by atoms with Crippen molar-refractivity contribution < 1.29 is 9.53 Å². The lowest BCUT2D eigenvalue weighted by atomic mass is 9.84. The predicted molar refractivity (Wildman–Crippen MR) is 119 cm³/mol. The Hall–Kier alpha value is -3.19.